The van der Waals surface area contributed by atoms with Crippen LogP contribution in [0.3, 0.4) is 0 Å². The Labute approximate surface area is 102 Å². The predicted octanol–water partition coefficient (Wildman–Crippen LogP) is -0.00420. The Bertz CT molecular complexity index is 17.7. The van der Waals surface area contributed by atoms with Crippen LogP contribution in [-0.4, -0.2) is 35.1 Å². The van der Waals surface area contributed by atoms with E-state index in [2.05, 4.69) is 0 Å². The molecular formula is C6H18O3Yb. The first-order valence-electron chi connectivity index (χ1n) is 3.07. The van der Waals surface area contributed by atoms with Crippen LogP contribution in [0.4, 0.5) is 0 Å². The fourth-order valence-electron chi connectivity index (χ4n) is 0. The quantitative estimate of drug-likeness (QED) is 0.590. The van der Waals surface area contributed by atoms with Crippen LogP contribution >= 0.6 is 0 Å². The van der Waals surface area contributed by atoms with E-state index in [0.29, 0.717) is 0 Å². The number of aliphatic hydroxyl groups is 3. The molecule has 0 heterocycles. The molecule has 0 unspecified atom stereocenters. The second-order valence-corrected chi connectivity index (χ2v) is 0.949. The molecule has 10 heavy (non-hydrogen) atoms. The Morgan fingerprint density at radius 3 is 0.700 bits per heavy atom. The van der Waals surface area contributed by atoms with Crippen LogP contribution in [0.15, 0.2) is 0 Å². The van der Waals surface area contributed by atoms with E-state index in [9.17, 15) is 0 Å². The SMILES string of the molecule is CCO.CCO.CCO.[Yb]. The van der Waals surface area contributed by atoms with E-state index >= 15 is 0 Å². The third kappa shape index (κ3) is 339. The van der Waals surface area contributed by atoms with Gasteiger partial charge < -0.3 is 15.3 Å². The number of hydrogen-bond donors (Lipinski definition) is 3. The van der Waals surface area contributed by atoms with E-state index in [4.69, 9.17) is 15.3 Å². The molecule has 0 aliphatic heterocycles. The van der Waals surface area contributed by atoms with Crippen LogP contribution in [-0.2, 0) is 0 Å². The zero-order valence-electron chi connectivity index (χ0n) is 6.73. The third-order valence-electron chi connectivity index (χ3n) is 0. The van der Waals surface area contributed by atoms with E-state index in [1.54, 1.807) is 20.8 Å². The Morgan fingerprint density at radius 1 is 0.700 bits per heavy atom. The summed E-state index contributed by atoms with van der Waals surface area (Å²) in [5.41, 5.74) is 0. The molecule has 0 bridgehead atoms. The van der Waals surface area contributed by atoms with Gasteiger partial charge in [-0.3, -0.25) is 0 Å². The molecule has 0 aliphatic carbocycles. The maximum absolute atomic E-state index is 7.57. The van der Waals surface area contributed by atoms with Crippen molar-refractivity contribution in [3.8, 4) is 0 Å². The van der Waals surface area contributed by atoms with Crippen LogP contribution in [0.5, 0.6) is 0 Å². The van der Waals surface area contributed by atoms with Crippen LogP contribution in [0.2, 0.25) is 0 Å². The van der Waals surface area contributed by atoms with E-state index in [0.717, 1.165) is 0 Å². The van der Waals surface area contributed by atoms with Crippen molar-refractivity contribution in [3.63, 3.8) is 0 Å². The summed E-state index contributed by atoms with van der Waals surface area (Å²) in [6.07, 6.45) is 0. The van der Waals surface area contributed by atoms with E-state index in [1.807, 2.05) is 0 Å². The first-order valence-corrected chi connectivity index (χ1v) is 3.07. The Kier molecular flexibility index (Phi) is 107. The minimum Gasteiger partial charge on any atom is -0.397 e. The second-order valence-electron chi connectivity index (χ2n) is 0.949. The molecule has 0 saturated carbocycles. The minimum atomic E-state index is 0. The summed E-state index contributed by atoms with van der Waals surface area (Å²) in [4.78, 5) is 0. The van der Waals surface area contributed by atoms with Gasteiger partial charge in [0.15, 0.2) is 0 Å². The molecule has 0 aliphatic rings. The van der Waals surface area contributed by atoms with Gasteiger partial charge in [0.05, 0.1) is 0 Å². The second kappa shape index (κ2) is 47.5. The normalized spacial score (nSPS) is 5.40. The van der Waals surface area contributed by atoms with Crippen LogP contribution < -0.4 is 0 Å². The molecule has 0 rings (SSSR count). The van der Waals surface area contributed by atoms with Crippen LogP contribution in [0.25, 0.3) is 0 Å². The van der Waals surface area contributed by atoms with Gasteiger partial charge >= 0.3 is 0 Å². The monoisotopic (exact) mass is 312 g/mol. The zero-order chi connectivity index (χ0) is 8.12. The molecular weight excluding hydrogens is 293 g/mol. The molecule has 4 heteroatoms. The van der Waals surface area contributed by atoms with Crippen molar-refractivity contribution in [2.75, 3.05) is 19.8 Å². The summed E-state index contributed by atoms with van der Waals surface area (Å²) >= 11 is 0. The molecule has 0 fully saturated rings. The molecule has 0 saturated heterocycles. The average Bonchev–Trinajstić information content (AvgIpc) is 1.70. The molecule has 3 nitrogen and oxygen atoms in total. The summed E-state index contributed by atoms with van der Waals surface area (Å²) in [5.74, 6) is 0. The summed E-state index contributed by atoms with van der Waals surface area (Å²) in [6, 6.07) is 0. The standard InChI is InChI=1S/3C2H6O.Yb/c3*1-2-3;/h3*3H,2H2,1H3;. The first kappa shape index (κ1) is 22.5. The average molecular weight is 311 g/mol. The van der Waals surface area contributed by atoms with Gasteiger partial charge in [-0.2, -0.15) is 0 Å². The Hall–Kier alpha value is 1.40. The van der Waals surface area contributed by atoms with Gasteiger partial charge in [-0.1, -0.05) is 0 Å². The van der Waals surface area contributed by atoms with Crippen LogP contribution in [0.1, 0.15) is 20.8 Å². The predicted molar refractivity (Wildman–Crippen MR) is 38.3 cm³/mol. The summed E-state index contributed by atoms with van der Waals surface area (Å²) in [7, 11) is 0. The van der Waals surface area contributed by atoms with Gasteiger partial charge in [-0.15, -0.1) is 0 Å². The van der Waals surface area contributed by atoms with E-state index < -0.39 is 0 Å². The fraction of sp³-hybridized carbons (Fsp3) is 1.00. The van der Waals surface area contributed by atoms with Gasteiger partial charge in [0.25, 0.3) is 0 Å². The molecule has 0 atom stereocenters. The topological polar surface area (TPSA) is 60.7 Å². The molecule has 0 radical (unpaired) electrons. The Balaban J connectivity index is -0.0000000257. The molecule has 0 aromatic heterocycles. The van der Waals surface area contributed by atoms with E-state index in [1.165, 1.54) is 0 Å². The largest absolute Gasteiger partial charge is 0.397 e. The zero-order valence-corrected chi connectivity index (χ0v) is 8.45. The molecule has 0 aromatic carbocycles. The summed E-state index contributed by atoms with van der Waals surface area (Å²) < 4.78 is 0. The van der Waals surface area contributed by atoms with Crippen LogP contribution in [0, 0.1) is 46.9 Å². The van der Waals surface area contributed by atoms with Crippen molar-refractivity contribution in [1.29, 1.82) is 0 Å². The third-order valence-corrected chi connectivity index (χ3v) is 0. The number of hydrogen-bond acceptors (Lipinski definition) is 3. The summed E-state index contributed by atoms with van der Waals surface area (Å²) in [5, 5.41) is 22.7. The van der Waals surface area contributed by atoms with Gasteiger partial charge in [0, 0.05) is 66.7 Å². The van der Waals surface area contributed by atoms with Crippen molar-refractivity contribution >= 4 is 0 Å². The maximum Gasteiger partial charge on any atom is 0.0402 e. The van der Waals surface area contributed by atoms with Crippen molar-refractivity contribution in [1.82, 2.24) is 0 Å². The molecule has 0 spiro atoms. The van der Waals surface area contributed by atoms with Crippen molar-refractivity contribution in [3.05, 3.63) is 0 Å². The smallest absolute Gasteiger partial charge is 0.0402 e. The van der Waals surface area contributed by atoms with Gasteiger partial charge in [-0.05, 0) is 20.8 Å². The molecule has 74 valence electrons. The molecule has 0 amide bonds. The van der Waals surface area contributed by atoms with Gasteiger partial charge in [0.2, 0.25) is 0 Å². The van der Waals surface area contributed by atoms with Crippen molar-refractivity contribution in [2.45, 2.75) is 20.8 Å². The van der Waals surface area contributed by atoms with E-state index in [-0.39, 0.29) is 66.7 Å². The minimum absolute atomic E-state index is 0. The van der Waals surface area contributed by atoms with Gasteiger partial charge in [-0.25, -0.2) is 0 Å². The van der Waals surface area contributed by atoms with Gasteiger partial charge in [0.1, 0.15) is 0 Å². The summed E-state index contributed by atoms with van der Waals surface area (Å²) in [6.45, 7) is 5.79. The number of rotatable bonds is 0. The molecule has 0 aromatic rings. The number of aliphatic hydroxyl groups excluding tert-OH is 3. The van der Waals surface area contributed by atoms with Crippen molar-refractivity contribution in [2.24, 2.45) is 0 Å². The first-order chi connectivity index (χ1) is 4.24. The fourth-order valence-corrected chi connectivity index (χ4v) is 0. The molecule has 3 N–H and O–H groups in total. The van der Waals surface area contributed by atoms with Crippen molar-refractivity contribution < 1.29 is 62.2 Å². The maximum atomic E-state index is 7.57. The Morgan fingerprint density at radius 2 is 0.700 bits per heavy atom.